The first-order valence-electron chi connectivity index (χ1n) is 10.9. The van der Waals surface area contributed by atoms with E-state index < -0.39 is 0 Å². The molecule has 2 aromatic rings. The van der Waals surface area contributed by atoms with Crippen LogP contribution in [0.4, 0.5) is 0 Å². The molecule has 7 heteroatoms. The molecule has 3 heterocycles. The van der Waals surface area contributed by atoms with Crippen LogP contribution in [0.25, 0.3) is 0 Å². The normalized spacial score (nSPS) is 20.3. The summed E-state index contributed by atoms with van der Waals surface area (Å²) in [6.07, 6.45) is 5.69. The van der Waals surface area contributed by atoms with Crippen LogP contribution in [0, 0.1) is 0 Å². The molecule has 2 aliphatic rings. The minimum atomic E-state index is 0.110. The van der Waals surface area contributed by atoms with Crippen molar-refractivity contribution < 1.29 is 9.21 Å². The van der Waals surface area contributed by atoms with Crippen molar-refractivity contribution in [3.63, 3.8) is 0 Å². The van der Waals surface area contributed by atoms with Gasteiger partial charge in [0.05, 0.1) is 12.8 Å². The number of hydrogen-bond donors (Lipinski definition) is 0. The van der Waals surface area contributed by atoms with Gasteiger partial charge in [0, 0.05) is 50.0 Å². The summed E-state index contributed by atoms with van der Waals surface area (Å²) < 4.78 is 7.63. The number of rotatable bonds is 6. The smallest absolute Gasteiger partial charge is 0.274 e. The van der Waals surface area contributed by atoms with Crippen LogP contribution in [0.3, 0.4) is 0 Å². The number of piperazine rings is 1. The number of aryl methyl sites for hydroxylation is 1. The fraction of sp³-hybridized carbons (Fsp3) is 0.636. The van der Waals surface area contributed by atoms with Crippen LogP contribution in [-0.4, -0.2) is 76.7 Å². The molecular formula is C22H33N5O2. The van der Waals surface area contributed by atoms with E-state index >= 15 is 0 Å². The number of nitrogens with zero attached hydrogens (tertiary/aromatic N) is 5. The first kappa shape index (κ1) is 20.2. The predicted molar refractivity (Wildman–Crippen MR) is 112 cm³/mol. The molecule has 4 rings (SSSR count). The molecule has 0 bridgehead atoms. The highest BCUT2D eigenvalue weighted by molar-refractivity contribution is 5.94. The summed E-state index contributed by atoms with van der Waals surface area (Å²) in [5.41, 5.74) is 3.13. The second-order valence-electron chi connectivity index (χ2n) is 8.48. The summed E-state index contributed by atoms with van der Waals surface area (Å²) >= 11 is 0. The molecule has 0 aromatic carbocycles. The molecule has 0 saturated carbocycles. The van der Waals surface area contributed by atoms with Gasteiger partial charge < -0.3 is 14.2 Å². The van der Waals surface area contributed by atoms with Crippen molar-refractivity contribution in [3.8, 4) is 0 Å². The molecule has 1 fully saturated rings. The molecule has 0 radical (unpaired) electrons. The predicted octanol–water partition coefficient (Wildman–Crippen LogP) is 2.26. The number of likely N-dealkylation sites (N-methyl/N-ethyl adjacent to an activating group) is 2. The van der Waals surface area contributed by atoms with Crippen molar-refractivity contribution in [1.29, 1.82) is 0 Å². The average Bonchev–Trinajstić information content (AvgIpc) is 3.36. The Hall–Kier alpha value is -2.12. The number of hydrogen-bond acceptors (Lipinski definition) is 5. The van der Waals surface area contributed by atoms with E-state index in [0.29, 0.717) is 11.7 Å². The lowest BCUT2D eigenvalue weighted by Crippen LogP contribution is -2.47. The maximum atomic E-state index is 13.3. The van der Waals surface area contributed by atoms with E-state index in [4.69, 9.17) is 9.52 Å². The van der Waals surface area contributed by atoms with Gasteiger partial charge in [-0.2, -0.15) is 5.10 Å². The molecular weight excluding hydrogens is 366 g/mol. The highest BCUT2D eigenvalue weighted by Gasteiger charge is 2.33. The number of carbonyl (C=O) groups is 1. The van der Waals surface area contributed by atoms with Crippen molar-refractivity contribution in [1.82, 2.24) is 24.5 Å². The molecule has 1 aliphatic carbocycles. The summed E-state index contributed by atoms with van der Waals surface area (Å²) in [4.78, 5) is 19.9. The molecule has 1 aliphatic heterocycles. The second kappa shape index (κ2) is 8.71. The lowest BCUT2D eigenvalue weighted by atomic mass is 9.90. The highest BCUT2D eigenvalue weighted by atomic mass is 16.3. The van der Waals surface area contributed by atoms with Crippen LogP contribution in [-0.2, 0) is 25.9 Å². The summed E-state index contributed by atoms with van der Waals surface area (Å²) in [6, 6.07) is 4.35. The van der Waals surface area contributed by atoms with Gasteiger partial charge in [0.1, 0.15) is 5.76 Å². The Kier molecular flexibility index (Phi) is 6.06. The number of fused-ring (bicyclic) bond motifs is 1. The van der Waals surface area contributed by atoms with Gasteiger partial charge in [-0.05, 0) is 51.9 Å². The van der Waals surface area contributed by atoms with Gasteiger partial charge in [0.25, 0.3) is 5.91 Å². The van der Waals surface area contributed by atoms with Gasteiger partial charge in [-0.15, -0.1) is 0 Å². The third-order valence-corrected chi connectivity index (χ3v) is 6.36. The molecule has 7 nitrogen and oxygen atoms in total. The van der Waals surface area contributed by atoms with Crippen LogP contribution in [0.15, 0.2) is 22.8 Å². The van der Waals surface area contributed by atoms with Gasteiger partial charge in [-0.1, -0.05) is 6.92 Å². The molecule has 0 N–H and O–H groups in total. The molecule has 1 amide bonds. The molecule has 29 heavy (non-hydrogen) atoms. The zero-order chi connectivity index (χ0) is 20.4. The quantitative estimate of drug-likeness (QED) is 0.746. The van der Waals surface area contributed by atoms with E-state index in [9.17, 15) is 4.79 Å². The van der Waals surface area contributed by atoms with Crippen molar-refractivity contribution in [2.24, 2.45) is 0 Å². The molecule has 158 valence electrons. The van der Waals surface area contributed by atoms with Crippen LogP contribution in [0.2, 0.25) is 0 Å². The van der Waals surface area contributed by atoms with E-state index in [1.807, 2.05) is 17.0 Å². The number of furan rings is 1. The number of aromatic nitrogens is 2. The van der Waals surface area contributed by atoms with Gasteiger partial charge in [0.15, 0.2) is 5.69 Å². The van der Waals surface area contributed by atoms with Gasteiger partial charge >= 0.3 is 0 Å². The zero-order valence-corrected chi connectivity index (χ0v) is 17.9. The van der Waals surface area contributed by atoms with Gasteiger partial charge in [-0.3, -0.25) is 14.4 Å². The fourth-order valence-electron chi connectivity index (χ4n) is 4.55. The largest absolute Gasteiger partial charge is 0.468 e. The van der Waals surface area contributed by atoms with Crippen molar-refractivity contribution in [2.45, 2.75) is 51.7 Å². The summed E-state index contributed by atoms with van der Waals surface area (Å²) in [7, 11) is 4.26. The van der Waals surface area contributed by atoms with Crippen LogP contribution in [0.5, 0.6) is 0 Å². The Balaban J connectivity index is 1.55. The maximum Gasteiger partial charge on any atom is 0.274 e. The van der Waals surface area contributed by atoms with Crippen LogP contribution in [0.1, 0.15) is 47.3 Å². The molecule has 1 atom stereocenters. The monoisotopic (exact) mass is 399 g/mol. The van der Waals surface area contributed by atoms with Crippen molar-refractivity contribution in [2.75, 3.05) is 40.3 Å². The third-order valence-electron chi connectivity index (χ3n) is 6.36. The van der Waals surface area contributed by atoms with E-state index in [-0.39, 0.29) is 5.91 Å². The van der Waals surface area contributed by atoms with Crippen LogP contribution >= 0.6 is 0 Å². The van der Waals surface area contributed by atoms with E-state index in [2.05, 4.69) is 35.5 Å². The second-order valence-corrected chi connectivity index (χ2v) is 8.48. The average molecular weight is 400 g/mol. The number of amides is 1. The number of carbonyl (C=O) groups excluding carboxylic acids is 1. The first-order chi connectivity index (χ1) is 14.1. The Labute approximate surface area is 173 Å². The lowest BCUT2D eigenvalue weighted by Gasteiger charge is -2.33. The van der Waals surface area contributed by atoms with E-state index in [1.54, 1.807) is 6.26 Å². The fourth-order valence-corrected chi connectivity index (χ4v) is 4.55. The standard InChI is InChI=1S/C22H33N5O2/c1-4-9-27-20-8-7-17(25(3)16-18-6-5-14-29-18)15-19(20)21(23-27)22(28)26-12-10-24(2)11-13-26/h5-6,14,17H,4,7-13,15-16H2,1-3H3/t17-/m0/s1. The van der Waals surface area contributed by atoms with Crippen LogP contribution < -0.4 is 0 Å². The molecule has 2 aromatic heterocycles. The minimum absolute atomic E-state index is 0.110. The minimum Gasteiger partial charge on any atom is -0.468 e. The molecule has 0 unspecified atom stereocenters. The van der Waals surface area contributed by atoms with Gasteiger partial charge in [0.2, 0.25) is 0 Å². The maximum absolute atomic E-state index is 13.3. The highest BCUT2D eigenvalue weighted by Crippen LogP contribution is 2.29. The summed E-state index contributed by atoms with van der Waals surface area (Å²) in [5, 5.41) is 4.82. The zero-order valence-electron chi connectivity index (χ0n) is 17.9. The first-order valence-corrected chi connectivity index (χ1v) is 10.9. The SMILES string of the molecule is CCCn1nc(C(=O)N2CCN(C)CC2)c2c1CC[C@H](N(C)Cc1ccco1)C2. The topological polar surface area (TPSA) is 57.8 Å². The van der Waals surface area contributed by atoms with Gasteiger partial charge in [-0.25, -0.2) is 0 Å². The van der Waals surface area contributed by atoms with Crippen molar-refractivity contribution >= 4 is 5.91 Å². The summed E-state index contributed by atoms with van der Waals surface area (Å²) in [5.74, 6) is 1.09. The molecule has 1 saturated heterocycles. The summed E-state index contributed by atoms with van der Waals surface area (Å²) in [6.45, 7) is 7.26. The lowest BCUT2D eigenvalue weighted by molar-refractivity contribution is 0.0655. The Bertz CT molecular complexity index is 821. The third kappa shape index (κ3) is 4.26. The Morgan fingerprint density at radius 3 is 2.79 bits per heavy atom. The Morgan fingerprint density at radius 2 is 2.10 bits per heavy atom. The van der Waals surface area contributed by atoms with Crippen molar-refractivity contribution in [3.05, 3.63) is 41.1 Å². The molecule has 0 spiro atoms. The van der Waals surface area contributed by atoms with E-state index in [1.165, 1.54) is 11.3 Å². The Morgan fingerprint density at radius 1 is 1.31 bits per heavy atom. The van der Waals surface area contributed by atoms with E-state index in [0.717, 1.165) is 70.7 Å².